The zero-order valence-electron chi connectivity index (χ0n) is 11.8. The van der Waals surface area contributed by atoms with Crippen molar-refractivity contribution in [3.8, 4) is 11.5 Å². The largest absolute Gasteiger partial charge is 0.497 e. The van der Waals surface area contributed by atoms with Crippen molar-refractivity contribution in [3.63, 3.8) is 0 Å². The lowest BCUT2D eigenvalue weighted by atomic mass is 10.2. The molecule has 0 radical (unpaired) electrons. The quantitative estimate of drug-likeness (QED) is 0.756. The number of methoxy groups -OCH3 is 2. The third kappa shape index (κ3) is 4.11. The minimum atomic E-state index is 0.560. The van der Waals surface area contributed by atoms with Crippen LogP contribution in [0.3, 0.4) is 0 Å². The highest BCUT2D eigenvalue weighted by Gasteiger charge is 2.23. The number of likely N-dealkylation sites (tertiary alicyclic amines) is 1. The first-order chi connectivity index (χ1) is 9.33. The summed E-state index contributed by atoms with van der Waals surface area (Å²) in [6.45, 7) is 3.65. The van der Waals surface area contributed by atoms with Crippen molar-refractivity contribution in [2.24, 2.45) is 0 Å². The van der Waals surface area contributed by atoms with Crippen LogP contribution in [0.15, 0.2) is 24.3 Å². The smallest absolute Gasteiger partial charge is 0.119 e. The summed E-state index contributed by atoms with van der Waals surface area (Å²) in [4.78, 5) is 2.45. The molecule has 0 unspecified atom stereocenters. The number of hydrogen-bond donors (Lipinski definition) is 0. The van der Waals surface area contributed by atoms with E-state index in [1.54, 1.807) is 14.2 Å². The average molecular weight is 265 g/mol. The molecule has 1 saturated heterocycles. The number of hydrogen-bond acceptors (Lipinski definition) is 4. The van der Waals surface area contributed by atoms with Crippen molar-refractivity contribution in [2.75, 3.05) is 40.5 Å². The van der Waals surface area contributed by atoms with Crippen LogP contribution in [0.25, 0.3) is 0 Å². The highest BCUT2D eigenvalue weighted by Crippen LogP contribution is 2.19. The van der Waals surface area contributed by atoms with E-state index in [1.807, 2.05) is 24.3 Å². The van der Waals surface area contributed by atoms with Gasteiger partial charge in [0, 0.05) is 19.7 Å². The third-order valence-electron chi connectivity index (χ3n) is 3.56. The van der Waals surface area contributed by atoms with Gasteiger partial charge in [0.15, 0.2) is 0 Å². The highest BCUT2D eigenvalue weighted by molar-refractivity contribution is 5.31. The van der Waals surface area contributed by atoms with Gasteiger partial charge in [-0.1, -0.05) is 0 Å². The first-order valence-electron chi connectivity index (χ1n) is 6.83. The molecule has 4 nitrogen and oxygen atoms in total. The van der Waals surface area contributed by atoms with Crippen LogP contribution in [-0.4, -0.2) is 51.5 Å². The van der Waals surface area contributed by atoms with Gasteiger partial charge in [0.2, 0.25) is 0 Å². The summed E-state index contributed by atoms with van der Waals surface area (Å²) in [6.07, 6.45) is 2.49. The molecule has 1 aliphatic heterocycles. The van der Waals surface area contributed by atoms with Crippen molar-refractivity contribution in [1.29, 1.82) is 0 Å². The van der Waals surface area contributed by atoms with Crippen molar-refractivity contribution < 1.29 is 14.2 Å². The minimum Gasteiger partial charge on any atom is -0.497 e. The standard InChI is InChI=1S/C15H23NO3/c1-17-12-13-4-3-9-16(13)10-11-19-15-7-5-14(18-2)6-8-15/h5-8,13H,3-4,9-12H2,1-2H3/t13-/m0/s1. The van der Waals surface area contributed by atoms with Crippen LogP contribution in [-0.2, 0) is 4.74 Å². The molecule has 0 aromatic heterocycles. The lowest BCUT2D eigenvalue weighted by molar-refractivity contribution is 0.105. The number of rotatable bonds is 7. The molecule has 19 heavy (non-hydrogen) atoms. The molecular formula is C15H23NO3. The van der Waals surface area contributed by atoms with E-state index < -0.39 is 0 Å². The fourth-order valence-electron chi connectivity index (χ4n) is 2.52. The van der Waals surface area contributed by atoms with Crippen LogP contribution in [0.4, 0.5) is 0 Å². The molecule has 1 fully saturated rings. The van der Waals surface area contributed by atoms with Gasteiger partial charge < -0.3 is 14.2 Å². The number of nitrogens with zero attached hydrogens (tertiary/aromatic N) is 1. The zero-order chi connectivity index (χ0) is 13.5. The number of benzene rings is 1. The molecule has 1 atom stereocenters. The topological polar surface area (TPSA) is 30.9 Å². The Bertz CT molecular complexity index is 366. The summed E-state index contributed by atoms with van der Waals surface area (Å²) in [5.74, 6) is 1.75. The molecule has 2 rings (SSSR count). The van der Waals surface area contributed by atoms with E-state index in [1.165, 1.54) is 12.8 Å². The molecule has 0 bridgehead atoms. The second-order valence-corrected chi connectivity index (χ2v) is 4.81. The van der Waals surface area contributed by atoms with Gasteiger partial charge in [-0.2, -0.15) is 0 Å². The van der Waals surface area contributed by atoms with Crippen LogP contribution >= 0.6 is 0 Å². The van der Waals surface area contributed by atoms with Gasteiger partial charge in [0.1, 0.15) is 18.1 Å². The van der Waals surface area contributed by atoms with Crippen LogP contribution in [0.5, 0.6) is 11.5 Å². The van der Waals surface area contributed by atoms with E-state index >= 15 is 0 Å². The monoisotopic (exact) mass is 265 g/mol. The summed E-state index contributed by atoms with van der Waals surface area (Å²) in [6, 6.07) is 8.27. The molecular weight excluding hydrogens is 242 g/mol. The summed E-state index contributed by atoms with van der Waals surface area (Å²) < 4.78 is 16.1. The molecule has 0 spiro atoms. The molecule has 0 amide bonds. The second-order valence-electron chi connectivity index (χ2n) is 4.81. The van der Waals surface area contributed by atoms with E-state index in [0.29, 0.717) is 12.6 Å². The maximum Gasteiger partial charge on any atom is 0.119 e. The summed E-state index contributed by atoms with van der Waals surface area (Å²) in [5, 5.41) is 0. The molecule has 1 aromatic carbocycles. The van der Waals surface area contributed by atoms with E-state index in [2.05, 4.69) is 4.90 Å². The van der Waals surface area contributed by atoms with Crippen LogP contribution in [0.2, 0.25) is 0 Å². The van der Waals surface area contributed by atoms with E-state index in [0.717, 1.165) is 31.2 Å². The Morgan fingerprint density at radius 2 is 1.89 bits per heavy atom. The normalized spacial score (nSPS) is 19.6. The molecule has 1 heterocycles. The van der Waals surface area contributed by atoms with Gasteiger partial charge in [-0.15, -0.1) is 0 Å². The van der Waals surface area contributed by atoms with Crippen LogP contribution in [0.1, 0.15) is 12.8 Å². The first kappa shape index (κ1) is 14.2. The molecule has 1 aliphatic rings. The molecule has 4 heteroatoms. The van der Waals surface area contributed by atoms with E-state index in [-0.39, 0.29) is 0 Å². The fraction of sp³-hybridized carbons (Fsp3) is 0.600. The lowest BCUT2D eigenvalue weighted by Crippen LogP contribution is -2.35. The molecule has 1 aromatic rings. The summed E-state index contributed by atoms with van der Waals surface area (Å²) in [5.41, 5.74) is 0. The lowest BCUT2D eigenvalue weighted by Gasteiger charge is -2.23. The summed E-state index contributed by atoms with van der Waals surface area (Å²) in [7, 11) is 3.43. The number of ether oxygens (including phenoxy) is 3. The van der Waals surface area contributed by atoms with Gasteiger partial charge in [-0.05, 0) is 43.7 Å². The van der Waals surface area contributed by atoms with Crippen molar-refractivity contribution in [2.45, 2.75) is 18.9 Å². The average Bonchev–Trinajstić information content (AvgIpc) is 2.88. The van der Waals surface area contributed by atoms with E-state index in [4.69, 9.17) is 14.2 Å². The predicted octanol–water partition coefficient (Wildman–Crippen LogP) is 2.18. The zero-order valence-corrected chi connectivity index (χ0v) is 11.8. The second kappa shape index (κ2) is 7.36. The SMILES string of the molecule is COC[C@@H]1CCCN1CCOc1ccc(OC)cc1. The maximum absolute atomic E-state index is 5.76. The van der Waals surface area contributed by atoms with Crippen LogP contribution < -0.4 is 9.47 Å². The Labute approximate surface area is 115 Å². The van der Waals surface area contributed by atoms with Gasteiger partial charge in [0.25, 0.3) is 0 Å². The third-order valence-corrected chi connectivity index (χ3v) is 3.56. The minimum absolute atomic E-state index is 0.560. The maximum atomic E-state index is 5.76. The molecule has 0 aliphatic carbocycles. The molecule has 106 valence electrons. The Hall–Kier alpha value is -1.26. The Morgan fingerprint density at radius 1 is 1.16 bits per heavy atom. The Balaban J connectivity index is 1.73. The van der Waals surface area contributed by atoms with Gasteiger partial charge >= 0.3 is 0 Å². The molecule has 0 saturated carbocycles. The first-order valence-corrected chi connectivity index (χ1v) is 6.83. The van der Waals surface area contributed by atoms with Crippen molar-refractivity contribution in [1.82, 2.24) is 4.90 Å². The Morgan fingerprint density at radius 3 is 2.58 bits per heavy atom. The highest BCUT2D eigenvalue weighted by atomic mass is 16.5. The molecule has 0 N–H and O–H groups in total. The fourth-order valence-corrected chi connectivity index (χ4v) is 2.52. The predicted molar refractivity (Wildman–Crippen MR) is 75.0 cm³/mol. The van der Waals surface area contributed by atoms with Crippen molar-refractivity contribution in [3.05, 3.63) is 24.3 Å². The Kier molecular flexibility index (Phi) is 5.48. The summed E-state index contributed by atoms with van der Waals surface area (Å²) >= 11 is 0. The van der Waals surface area contributed by atoms with Gasteiger partial charge in [-0.25, -0.2) is 0 Å². The van der Waals surface area contributed by atoms with Crippen molar-refractivity contribution >= 4 is 0 Å². The van der Waals surface area contributed by atoms with Gasteiger partial charge in [-0.3, -0.25) is 4.90 Å². The van der Waals surface area contributed by atoms with Gasteiger partial charge in [0.05, 0.1) is 13.7 Å². The van der Waals surface area contributed by atoms with E-state index in [9.17, 15) is 0 Å². The van der Waals surface area contributed by atoms with Crippen LogP contribution in [0, 0.1) is 0 Å².